The standard InChI is InChI=1S/C13H16BrN3O/c14-12-7-15-13-5-4-10(8-17(12)13)16-9-2-1-3-11(18)6-9/h4-5,7-9,11,16,18H,1-3,6H2. The van der Waals surface area contributed by atoms with E-state index in [4.69, 9.17) is 0 Å². The van der Waals surface area contributed by atoms with E-state index in [-0.39, 0.29) is 6.10 Å². The Kier molecular flexibility index (Phi) is 3.26. The summed E-state index contributed by atoms with van der Waals surface area (Å²) in [6.07, 6.45) is 7.67. The molecule has 96 valence electrons. The van der Waals surface area contributed by atoms with Crippen LogP contribution in [0.4, 0.5) is 5.69 Å². The summed E-state index contributed by atoms with van der Waals surface area (Å²) in [6.45, 7) is 0. The van der Waals surface area contributed by atoms with Gasteiger partial charge in [-0.15, -0.1) is 0 Å². The van der Waals surface area contributed by atoms with Gasteiger partial charge < -0.3 is 10.4 Å². The minimum atomic E-state index is -0.153. The fraction of sp³-hybridized carbons (Fsp3) is 0.462. The Morgan fingerprint density at radius 1 is 1.39 bits per heavy atom. The van der Waals surface area contributed by atoms with Gasteiger partial charge in [0.1, 0.15) is 10.3 Å². The maximum absolute atomic E-state index is 9.68. The number of aliphatic hydroxyl groups excluding tert-OH is 1. The first-order valence-electron chi connectivity index (χ1n) is 6.29. The van der Waals surface area contributed by atoms with Crippen molar-refractivity contribution in [2.45, 2.75) is 37.8 Å². The number of aromatic nitrogens is 2. The molecular formula is C13H16BrN3O. The van der Waals surface area contributed by atoms with E-state index in [0.717, 1.165) is 41.6 Å². The maximum atomic E-state index is 9.68. The van der Waals surface area contributed by atoms with E-state index < -0.39 is 0 Å². The Hall–Kier alpha value is -1.07. The van der Waals surface area contributed by atoms with Crippen molar-refractivity contribution in [3.05, 3.63) is 29.1 Å². The Balaban J connectivity index is 1.79. The number of nitrogens with one attached hydrogen (secondary N) is 1. The van der Waals surface area contributed by atoms with Gasteiger partial charge in [0, 0.05) is 12.2 Å². The minimum absolute atomic E-state index is 0.153. The number of pyridine rings is 1. The highest BCUT2D eigenvalue weighted by atomic mass is 79.9. The highest BCUT2D eigenvalue weighted by molar-refractivity contribution is 9.10. The maximum Gasteiger partial charge on any atom is 0.137 e. The summed E-state index contributed by atoms with van der Waals surface area (Å²) in [5.74, 6) is 0. The molecule has 1 aliphatic rings. The van der Waals surface area contributed by atoms with Gasteiger partial charge in [0.05, 0.1) is 18.0 Å². The molecule has 2 unspecified atom stereocenters. The fourth-order valence-electron chi connectivity index (χ4n) is 2.57. The molecule has 0 aliphatic heterocycles. The van der Waals surface area contributed by atoms with Crippen LogP contribution < -0.4 is 5.32 Å². The van der Waals surface area contributed by atoms with Crippen LogP contribution in [-0.4, -0.2) is 26.6 Å². The third kappa shape index (κ3) is 2.37. The molecule has 0 amide bonds. The zero-order valence-corrected chi connectivity index (χ0v) is 11.6. The molecule has 3 rings (SSSR count). The molecule has 2 N–H and O–H groups in total. The van der Waals surface area contributed by atoms with Crippen LogP contribution in [-0.2, 0) is 0 Å². The van der Waals surface area contributed by atoms with E-state index >= 15 is 0 Å². The smallest absolute Gasteiger partial charge is 0.137 e. The Labute approximate surface area is 114 Å². The first-order chi connectivity index (χ1) is 8.72. The molecule has 1 fully saturated rings. The summed E-state index contributed by atoms with van der Waals surface area (Å²) in [5.41, 5.74) is 2.00. The first-order valence-corrected chi connectivity index (χ1v) is 7.09. The number of halogens is 1. The number of nitrogens with zero attached hydrogens (tertiary/aromatic N) is 2. The van der Waals surface area contributed by atoms with Crippen molar-refractivity contribution in [3.8, 4) is 0 Å². The Morgan fingerprint density at radius 3 is 3.11 bits per heavy atom. The van der Waals surface area contributed by atoms with Crippen molar-refractivity contribution in [1.29, 1.82) is 0 Å². The molecular weight excluding hydrogens is 294 g/mol. The Morgan fingerprint density at radius 2 is 2.28 bits per heavy atom. The summed E-state index contributed by atoms with van der Waals surface area (Å²) in [7, 11) is 0. The summed E-state index contributed by atoms with van der Waals surface area (Å²) in [6, 6.07) is 4.40. The summed E-state index contributed by atoms with van der Waals surface area (Å²) < 4.78 is 2.95. The van der Waals surface area contributed by atoms with Crippen molar-refractivity contribution >= 4 is 27.3 Å². The molecule has 5 heteroatoms. The second-order valence-corrected chi connectivity index (χ2v) is 5.70. The van der Waals surface area contributed by atoms with Gasteiger partial charge in [-0.3, -0.25) is 4.40 Å². The Bertz CT molecular complexity index is 554. The van der Waals surface area contributed by atoms with Crippen molar-refractivity contribution < 1.29 is 5.11 Å². The van der Waals surface area contributed by atoms with Gasteiger partial charge in [0.15, 0.2) is 0 Å². The normalized spacial score (nSPS) is 24.3. The molecule has 0 saturated heterocycles. The largest absolute Gasteiger partial charge is 0.393 e. The molecule has 2 heterocycles. The minimum Gasteiger partial charge on any atom is -0.393 e. The van der Waals surface area contributed by atoms with E-state index in [1.165, 1.54) is 0 Å². The fourth-order valence-corrected chi connectivity index (χ4v) is 2.95. The van der Waals surface area contributed by atoms with Gasteiger partial charge in [0.25, 0.3) is 0 Å². The van der Waals surface area contributed by atoms with Gasteiger partial charge in [-0.2, -0.15) is 0 Å². The number of anilines is 1. The average Bonchev–Trinajstić information content (AvgIpc) is 2.71. The number of hydrogen-bond donors (Lipinski definition) is 2. The molecule has 2 aromatic rings. The van der Waals surface area contributed by atoms with E-state index in [1.807, 2.05) is 22.7 Å². The second kappa shape index (κ2) is 4.90. The molecule has 2 aromatic heterocycles. The predicted octanol–water partition coefficient (Wildman–Crippen LogP) is 2.81. The molecule has 4 nitrogen and oxygen atoms in total. The highest BCUT2D eigenvalue weighted by Gasteiger charge is 2.19. The third-order valence-electron chi connectivity index (χ3n) is 3.48. The van der Waals surface area contributed by atoms with E-state index in [2.05, 4.69) is 26.2 Å². The van der Waals surface area contributed by atoms with Gasteiger partial charge in [-0.25, -0.2) is 4.98 Å². The second-order valence-electron chi connectivity index (χ2n) is 4.89. The van der Waals surface area contributed by atoms with Crippen LogP contribution in [0.1, 0.15) is 25.7 Å². The molecule has 0 radical (unpaired) electrons. The van der Waals surface area contributed by atoms with Crippen LogP contribution in [0, 0.1) is 0 Å². The van der Waals surface area contributed by atoms with Gasteiger partial charge in [-0.05, 0) is 53.7 Å². The third-order valence-corrected chi connectivity index (χ3v) is 4.06. The number of fused-ring (bicyclic) bond motifs is 1. The topological polar surface area (TPSA) is 49.6 Å². The monoisotopic (exact) mass is 309 g/mol. The molecule has 18 heavy (non-hydrogen) atoms. The molecule has 1 saturated carbocycles. The summed E-state index contributed by atoms with van der Waals surface area (Å²) >= 11 is 3.47. The van der Waals surface area contributed by atoms with Crippen molar-refractivity contribution in [3.63, 3.8) is 0 Å². The van der Waals surface area contributed by atoms with E-state index in [9.17, 15) is 5.11 Å². The van der Waals surface area contributed by atoms with Gasteiger partial charge in [0.2, 0.25) is 0 Å². The van der Waals surface area contributed by atoms with Crippen LogP contribution >= 0.6 is 15.9 Å². The summed E-state index contributed by atoms with van der Waals surface area (Å²) in [4.78, 5) is 4.27. The first kappa shape index (κ1) is 12.0. The zero-order chi connectivity index (χ0) is 12.5. The lowest BCUT2D eigenvalue weighted by Gasteiger charge is -2.27. The van der Waals surface area contributed by atoms with Crippen LogP contribution in [0.15, 0.2) is 29.1 Å². The number of hydrogen-bond acceptors (Lipinski definition) is 3. The van der Waals surface area contributed by atoms with Gasteiger partial charge in [-0.1, -0.05) is 0 Å². The molecule has 2 atom stereocenters. The number of imidazole rings is 1. The average molecular weight is 310 g/mol. The van der Waals surface area contributed by atoms with Crippen molar-refractivity contribution in [1.82, 2.24) is 9.38 Å². The van der Waals surface area contributed by atoms with Crippen LogP contribution in [0.25, 0.3) is 5.65 Å². The molecule has 0 aromatic carbocycles. The predicted molar refractivity (Wildman–Crippen MR) is 74.8 cm³/mol. The van der Waals surface area contributed by atoms with Crippen LogP contribution in [0.5, 0.6) is 0 Å². The van der Waals surface area contributed by atoms with E-state index in [1.54, 1.807) is 6.20 Å². The number of aliphatic hydroxyl groups is 1. The zero-order valence-electron chi connectivity index (χ0n) is 10.0. The summed E-state index contributed by atoms with van der Waals surface area (Å²) in [5, 5.41) is 13.2. The SMILES string of the molecule is OC1CCCC(Nc2ccc3ncc(Br)n3c2)C1. The lowest BCUT2D eigenvalue weighted by Crippen LogP contribution is -2.29. The quantitative estimate of drug-likeness (QED) is 0.897. The number of rotatable bonds is 2. The van der Waals surface area contributed by atoms with E-state index in [0.29, 0.717) is 6.04 Å². The van der Waals surface area contributed by atoms with Crippen LogP contribution in [0.2, 0.25) is 0 Å². The van der Waals surface area contributed by atoms with Gasteiger partial charge >= 0.3 is 0 Å². The lowest BCUT2D eigenvalue weighted by molar-refractivity contribution is 0.124. The van der Waals surface area contributed by atoms with Crippen LogP contribution in [0.3, 0.4) is 0 Å². The molecule has 0 bridgehead atoms. The molecule has 0 spiro atoms. The molecule has 1 aliphatic carbocycles. The van der Waals surface area contributed by atoms with Crippen molar-refractivity contribution in [2.75, 3.05) is 5.32 Å². The lowest BCUT2D eigenvalue weighted by atomic mass is 9.93. The highest BCUT2D eigenvalue weighted by Crippen LogP contribution is 2.23. The van der Waals surface area contributed by atoms with Crippen molar-refractivity contribution in [2.24, 2.45) is 0 Å².